The topological polar surface area (TPSA) is 35.0 Å². The van der Waals surface area contributed by atoms with Crippen LogP contribution in [-0.4, -0.2) is 16.6 Å². The summed E-state index contributed by atoms with van der Waals surface area (Å²) >= 11 is 7.26. The van der Waals surface area contributed by atoms with Gasteiger partial charge in [-0.25, -0.2) is 9.97 Å². The van der Waals surface area contributed by atoms with Gasteiger partial charge in [-0.15, -0.1) is 0 Å². The largest absolute Gasteiger partial charge is 0.494 e. The minimum absolute atomic E-state index is 0.743. The molecule has 0 unspecified atom stereocenters. The summed E-state index contributed by atoms with van der Waals surface area (Å²) in [4.78, 5) is 10.1. The van der Waals surface area contributed by atoms with Crippen molar-refractivity contribution in [1.29, 1.82) is 0 Å². The quantitative estimate of drug-likeness (QED) is 0.107. The Hall–Kier alpha value is -2.24. The molecule has 0 spiro atoms. The van der Waals surface area contributed by atoms with Crippen molar-refractivity contribution in [3.63, 3.8) is 0 Å². The fourth-order valence-corrected chi connectivity index (χ4v) is 5.19. The van der Waals surface area contributed by atoms with Crippen molar-refractivity contribution in [1.82, 2.24) is 9.97 Å². The number of aromatic nitrogens is 2. The van der Waals surface area contributed by atoms with Gasteiger partial charge in [-0.05, 0) is 53.6 Å². The van der Waals surface area contributed by atoms with Crippen LogP contribution in [0.25, 0.3) is 43.6 Å². The van der Waals surface area contributed by atoms with Gasteiger partial charge in [0.25, 0.3) is 0 Å². The first-order valence-electron chi connectivity index (χ1n) is 11.7. The summed E-state index contributed by atoms with van der Waals surface area (Å²) in [6, 6.07) is 18.8. The molecule has 5 heteroatoms. The van der Waals surface area contributed by atoms with Crippen LogP contribution in [0.15, 0.2) is 63.5 Å². The SMILES string of the molecule is CCCCCCCCOc1ccc2nc3c4cc(Br)ccc4c4ccc(Br)cc4c3nc2c1. The summed E-state index contributed by atoms with van der Waals surface area (Å²) < 4.78 is 8.11. The third-order valence-electron chi connectivity index (χ3n) is 6.17. The molecule has 0 bridgehead atoms. The molecule has 33 heavy (non-hydrogen) atoms. The fourth-order valence-electron chi connectivity index (χ4n) is 4.47. The van der Waals surface area contributed by atoms with Crippen LogP contribution in [0, 0.1) is 0 Å². The maximum Gasteiger partial charge on any atom is 0.121 e. The van der Waals surface area contributed by atoms with E-state index in [9.17, 15) is 0 Å². The molecule has 0 N–H and O–H groups in total. The highest BCUT2D eigenvalue weighted by Crippen LogP contribution is 2.37. The van der Waals surface area contributed by atoms with Gasteiger partial charge >= 0.3 is 0 Å². The first kappa shape index (κ1) is 22.5. The van der Waals surface area contributed by atoms with Crippen LogP contribution < -0.4 is 4.74 Å². The van der Waals surface area contributed by atoms with E-state index in [-0.39, 0.29) is 0 Å². The second-order valence-corrected chi connectivity index (χ2v) is 10.4. The van der Waals surface area contributed by atoms with Gasteiger partial charge in [0.1, 0.15) is 5.75 Å². The lowest BCUT2D eigenvalue weighted by atomic mass is 9.99. The third-order valence-corrected chi connectivity index (χ3v) is 7.15. The Morgan fingerprint density at radius 2 is 1.24 bits per heavy atom. The summed E-state index contributed by atoms with van der Waals surface area (Å²) in [7, 11) is 0. The molecule has 0 atom stereocenters. The van der Waals surface area contributed by atoms with Crippen molar-refractivity contribution in [2.45, 2.75) is 45.4 Å². The second-order valence-electron chi connectivity index (χ2n) is 8.57. The van der Waals surface area contributed by atoms with Gasteiger partial charge in [-0.2, -0.15) is 0 Å². The Balaban J connectivity index is 1.54. The minimum Gasteiger partial charge on any atom is -0.494 e. The Kier molecular flexibility index (Phi) is 6.79. The first-order chi connectivity index (χ1) is 16.1. The predicted molar refractivity (Wildman–Crippen MR) is 146 cm³/mol. The normalized spacial score (nSPS) is 11.7. The second kappa shape index (κ2) is 9.94. The summed E-state index contributed by atoms with van der Waals surface area (Å²) in [5, 5.41) is 4.56. The van der Waals surface area contributed by atoms with Crippen LogP contribution in [0.1, 0.15) is 45.4 Å². The number of unbranched alkanes of at least 4 members (excludes halogenated alkanes) is 5. The molecule has 4 aromatic carbocycles. The molecule has 168 valence electrons. The van der Waals surface area contributed by atoms with Crippen molar-refractivity contribution < 1.29 is 4.74 Å². The van der Waals surface area contributed by atoms with Crippen LogP contribution in [0.5, 0.6) is 5.75 Å². The molecule has 5 rings (SSSR count). The van der Waals surface area contributed by atoms with Gasteiger partial charge in [-0.1, -0.05) is 83.0 Å². The van der Waals surface area contributed by atoms with E-state index in [1.165, 1.54) is 42.9 Å². The fraction of sp³-hybridized carbons (Fsp3) is 0.286. The Morgan fingerprint density at radius 1 is 0.636 bits per heavy atom. The van der Waals surface area contributed by atoms with Gasteiger partial charge in [0, 0.05) is 25.8 Å². The van der Waals surface area contributed by atoms with E-state index in [1.807, 2.05) is 18.2 Å². The maximum atomic E-state index is 6.04. The number of rotatable bonds is 8. The van der Waals surface area contributed by atoms with Crippen molar-refractivity contribution in [3.8, 4) is 5.75 Å². The molecular weight excluding hydrogens is 540 g/mol. The number of fused-ring (bicyclic) bond motifs is 7. The Labute approximate surface area is 210 Å². The van der Waals surface area contributed by atoms with Gasteiger partial charge in [0.2, 0.25) is 0 Å². The van der Waals surface area contributed by atoms with Crippen LogP contribution >= 0.6 is 31.9 Å². The highest BCUT2D eigenvalue weighted by Gasteiger charge is 2.13. The van der Waals surface area contributed by atoms with E-state index < -0.39 is 0 Å². The molecule has 0 radical (unpaired) electrons. The zero-order valence-electron chi connectivity index (χ0n) is 18.7. The predicted octanol–water partition coefficient (Wildman–Crippen LogP) is 9.35. The van der Waals surface area contributed by atoms with Gasteiger partial charge in [-0.3, -0.25) is 0 Å². The molecule has 0 saturated carbocycles. The molecule has 3 nitrogen and oxygen atoms in total. The first-order valence-corrected chi connectivity index (χ1v) is 13.3. The third kappa shape index (κ3) is 4.71. The minimum atomic E-state index is 0.743. The van der Waals surface area contributed by atoms with Crippen molar-refractivity contribution in [3.05, 3.63) is 63.5 Å². The molecule has 0 saturated heterocycles. The number of hydrogen-bond acceptors (Lipinski definition) is 3. The number of halogens is 2. The average molecular weight is 566 g/mol. The van der Waals surface area contributed by atoms with E-state index in [1.54, 1.807) is 0 Å². The van der Waals surface area contributed by atoms with Crippen molar-refractivity contribution >= 4 is 75.5 Å². The summed E-state index contributed by atoms with van der Waals surface area (Å²) in [6.45, 7) is 2.99. The van der Waals surface area contributed by atoms with Gasteiger partial charge in [0.15, 0.2) is 0 Å². The van der Waals surface area contributed by atoms with Crippen molar-refractivity contribution in [2.75, 3.05) is 6.61 Å². The van der Waals surface area contributed by atoms with Crippen molar-refractivity contribution in [2.24, 2.45) is 0 Å². The molecule has 1 heterocycles. The van der Waals surface area contributed by atoms with E-state index in [0.29, 0.717) is 0 Å². The van der Waals surface area contributed by atoms with Gasteiger partial charge < -0.3 is 4.74 Å². The summed E-state index contributed by atoms with van der Waals surface area (Å²) in [5.41, 5.74) is 3.58. The van der Waals surface area contributed by atoms with E-state index >= 15 is 0 Å². The average Bonchev–Trinajstić information content (AvgIpc) is 2.82. The highest BCUT2D eigenvalue weighted by atomic mass is 79.9. The molecule has 0 aliphatic carbocycles. The number of benzene rings is 4. The molecule has 0 fully saturated rings. The maximum absolute atomic E-state index is 6.04. The lowest BCUT2D eigenvalue weighted by molar-refractivity contribution is 0.304. The summed E-state index contributed by atoms with van der Waals surface area (Å²) in [6.07, 6.45) is 7.54. The highest BCUT2D eigenvalue weighted by molar-refractivity contribution is 9.10. The molecule has 0 amide bonds. The number of nitrogens with zero attached hydrogens (tertiary/aromatic N) is 2. The number of hydrogen-bond donors (Lipinski definition) is 0. The van der Waals surface area contributed by atoms with Crippen LogP contribution in [0.2, 0.25) is 0 Å². The van der Waals surface area contributed by atoms with Crippen LogP contribution in [0.4, 0.5) is 0 Å². The summed E-state index contributed by atoms with van der Waals surface area (Å²) in [5.74, 6) is 0.860. The monoisotopic (exact) mass is 564 g/mol. The van der Waals surface area contributed by atoms with E-state index in [0.717, 1.165) is 60.6 Å². The Bertz CT molecular complexity index is 1470. The smallest absolute Gasteiger partial charge is 0.121 e. The lowest BCUT2D eigenvalue weighted by Crippen LogP contribution is -1.98. The van der Waals surface area contributed by atoms with E-state index in [2.05, 4.69) is 75.2 Å². The lowest BCUT2D eigenvalue weighted by Gasteiger charge is -2.12. The zero-order valence-corrected chi connectivity index (χ0v) is 21.9. The van der Waals surface area contributed by atoms with Crippen LogP contribution in [0.3, 0.4) is 0 Å². The molecular formula is C28H26Br2N2O. The molecule has 1 aromatic heterocycles. The van der Waals surface area contributed by atoms with Gasteiger partial charge in [0.05, 0.1) is 28.7 Å². The molecule has 0 aliphatic rings. The van der Waals surface area contributed by atoms with E-state index in [4.69, 9.17) is 14.7 Å². The molecule has 5 aromatic rings. The zero-order chi connectivity index (χ0) is 22.8. The standard InChI is InChI=1S/C28H26Br2N2O/c1-2-3-4-5-6-7-14-33-20-10-13-25-26(17-20)32-28-24-16-19(30)9-12-22(24)21-11-8-18(29)15-23(21)27(28)31-25/h8-13,15-17H,2-7,14H2,1H3. The Morgan fingerprint density at radius 3 is 1.91 bits per heavy atom. The number of ether oxygens (including phenoxy) is 1. The molecule has 0 aliphatic heterocycles. The van der Waals surface area contributed by atoms with Crippen LogP contribution in [-0.2, 0) is 0 Å².